The highest BCUT2D eigenvalue weighted by molar-refractivity contribution is 9.10. The van der Waals surface area contributed by atoms with Crippen LogP contribution in [-0.2, 0) is 6.42 Å². The van der Waals surface area contributed by atoms with Crippen molar-refractivity contribution in [1.82, 2.24) is 4.40 Å². The van der Waals surface area contributed by atoms with E-state index in [-0.39, 0.29) is 0 Å². The van der Waals surface area contributed by atoms with E-state index in [1.807, 2.05) is 18.3 Å². The molecule has 2 aromatic carbocycles. The molecule has 0 saturated carbocycles. The highest BCUT2D eigenvalue weighted by Gasteiger charge is 2.20. The largest absolute Gasteiger partial charge is 0.478 e. The Bertz CT molecular complexity index is 1380. The van der Waals surface area contributed by atoms with Crippen LogP contribution in [0.2, 0.25) is 0 Å². The van der Waals surface area contributed by atoms with Crippen molar-refractivity contribution < 1.29 is 9.90 Å². The number of carboxylic acids is 1. The predicted octanol–water partition coefficient (Wildman–Crippen LogP) is 7.29. The van der Waals surface area contributed by atoms with Gasteiger partial charge in [-0.2, -0.15) is 0 Å². The van der Waals surface area contributed by atoms with Crippen molar-refractivity contribution in [2.45, 2.75) is 25.7 Å². The zero-order chi connectivity index (χ0) is 21.4. The molecule has 31 heavy (non-hydrogen) atoms. The third kappa shape index (κ3) is 3.61. The molecule has 0 saturated heterocycles. The molecule has 0 bridgehead atoms. The van der Waals surface area contributed by atoms with Gasteiger partial charge in [0.05, 0.1) is 11.1 Å². The van der Waals surface area contributed by atoms with Crippen LogP contribution in [0.15, 0.2) is 89.2 Å². The molecule has 0 amide bonds. The van der Waals surface area contributed by atoms with Crippen LogP contribution in [0.5, 0.6) is 0 Å². The van der Waals surface area contributed by atoms with Crippen molar-refractivity contribution in [2.24, 2.45) is 0 Å². The fraction of sp³-hybridized carbons (Fsp3) is 0.148. The second-order valence-electron chi connectivity index (χ2n) is 7.91. The van der Waals surface area contributed by atoms with E-state index >= 15 is 0 Å². The SMILES string of the molecule is Brc1cccc2c3c(ccc12)C1=C(CCC=C1)CC3.O=C(O)c1ccn2ccccc12. The lowest BCUT2D eigenvalue weighted by Gasteiger charge is -2.25. The predicted molar refractivity (Wildman–Crippen MR) is 130 cm³/mol. The molecular weight excluding hydrogens is 450 g/mol. The Morgan fingerprint density at radius 2 is 1.81 bits per heavy atom. The van der Waals surface area contributed by atoms with Crippen LogP contribution in [0.25, 0.3) is 21.9 Å². The summed E-state index contributed by atoms with van der Waals surface area (Å²) >= 11 is 3.67. The van der Waals surface area contributed by atoms with Crippen molar-refractivity contribution >= 4 is 43.8 Å². The van der Waals surface area contributed by atoms with E-state index in [1.54, 1.807) is 28.3 Å². The van der Waals surface area contributed by atoms with Crippen molar-refractivity contribution in [1.29, 1.82) is 0 Å². The number of rotatable bonds is 1. The van der Waals surface area contributed by atoms with E-state index in [9.17, 15) is 4.79 Å². The Balaban J connectivity index is 0.000000147. The number of hydrogen-bond donors (Lipinski definition) is 1. The lowest BCUT2D eigenvalue weighted by molar-refractivity contribution is 0.0699. The van der Waals surface area contributed by atoms with Crippen molar-refractivity contribution in [3.8, 4) is 0 Å². The number of halogens is 1. The molecule has 0 spiro atoms. The molecule has 0 radical (unpaired) electrons. The van der Waals surface area contributed by atoms with Gasteiger partial charge in [0.2, 0.25) is 0 Å². The summed E-state index contributed by atoms with van der Waals surface area (Å²) in [5.41, 5.74) is 7.21. The van der Waals surface area contributed by atoms with Gasteiger partial charge < -0.3 is 9.51 Å². The summed E-state index contributed by atoms with van der Waals surface area (Å²) < 4.78 is 2.98. The zero-order valence-electron chi connectivity index (χ0n) is 17.0. The number of hydrogen-bond acceptors (Lipinski definition) is 1. The summed E-state index contributed by atoms with van der Waals surface area (Å²) in [6.45, 7) is 0. The monoisotopic (exact) mass is 471 g/mol. The van der Waals surface area contributed by atoms with Crippen LogP contribution < -0.4 is 0 Å². The Kier molecular flexibility index (Phi) is 5.24. The summed E-state index contributed by atoms with van der Waals surface area (Å²) in [5.74, 6) is -0.885. The molecule has 4 heteroatoms. The summed E-state index contributed by atoms with van der Waals surface area (Å²) in [7, 11) is 0. The number of allylic oxidation sites excluding steroid dienone is 4. The molecule has 4 aromatic rings. The minimum atomic E-state index is -0.885. The van der Waals surface area contributed by atoms with E-state index in [4.69, 9.17) is 5.11 Å². The average Bonchev–Trinajstić information content (AvgIpc) is 3.24. The van der Waals surface area contributed by atoms with Crippen LogP contribution in [0.4, 0.5) is 0 Å². The van der Waals surface area contributed by atoms with E-state index in [2.05, 4.69) is 58.4 Å². The molecule has 3 nitrogen and oxygen atoms in total. The van der Waals surface area contributed by atoms with Crippen LogP contribution in [0.3, 0.4) is 0 Å². The molecule has 0 unspecified atom stereocenters. The molecule has 6 rings (SSSR count). The minimum absolute atomic E-state index is 0.343. The van der Waals surface area contributed by atoms with Gasteiger partial charge in [-0.25, -0.2) is 4.79 Å². The number of carbonyl (C=O) groups is 1. The highest BCUT2D eigenvalue weighted by Crippen LogP contribution is 2.40. The maximum absolute atomic E-state index is 10.7. The smallest absolute Gasteiger partial charge is 0.337 e. The molecule has 1 N–H and O–H groups in total. The molecule has 154 valence electrons. The second-order valence-corrected chi connectivity index (χ2v) is 8.77. The standard InChI is InChI=1S/C18H15Br.C9H7NO2/c19-18-7-3-6-14-16-9-8-12-4-1-2-5-13(12)15(16)10-11-17(14)18;11-9(12)7-4-6-10-5-2-1-3-8(7)10/h2-3,5-7,10-11H,1,4,8-9H2;1-6H,(H,11,12). The number of aromatic nitrogens is 1. The van der Waals surface area contributed by atoms with Crippen LogP contribution >= 0.6 is 15.9 Å². The Labute approximate surface area is 189 Å². The number of aryl methyl sites for hydroxylation is 1. The lowest BCUT2D eigenvalue weighted by atomic mass is 9.80. The van der Waals surface area contributed by atoms with Gasteiger partial charge in [-0.3, -0.25) is 0 Å². The first kappa shape index (κ1) is 19.8. The van der Waals surface area contributed by atoms with Gasteiger partial charge in [-0.05, 0) is 77.4 Å². The van der Waals surface area contributed by atoms with E-state index in [0.29, 0.717) is 5.56 Å². The highest BCUT2D eigenvalue weighted by atomic mass is 79.9. The second kappa shape index (κ2) is 8.20. The van der Waals surface area contributed by atoms with Gasteiger partial charge >= 0.3 is 5.97 Å². The normalized spacial score (nSPS) is 14.7. The van der Waals surface area contributed by atoms with Crippen LogP contribution in [0.1, 0.15) is 40.7 Å². The third-order valence-electron chi connectivity index (χ3n) is 6.16. The van der Waals surface area contributed by atoms with Gasteiger partial charge in [-0.1, -0.05) is 64.0 Å². The fourth-order valence-corrected chi connectivity index (χ4v) is 5.16. The molecule has 0 atom stereocenters. The minimum Gasteiger partial charge on any atom is -0.478 e. The number of aromatic carboxylic acids is 1. The lowest BCUT2D eigenvalue weighted by Crippen LogP contribution is -2.07. The molecule has 2 aromatic heterocycles. The zero-order valence-corrected chi connectivity index (χ0v) is 18.6. The Morgan fingerprint density at radius 1 is 0.903 bits per heavy atom. The molecule has 0 aliphatic heterocycles. The quantitative estimate of drug-likeness (QED) is 0.316. The van der Waals surface area contributed by atoms with Crippen LogP contribution in [0, 0.1) is 0 Å². The fourth-order valence-electron chi connectivity index (χ4n) is 4.67. The summed E-state index contributed by atoms with van der Waals surface area (Å²) in [5, 5.41) is 11.5. The first-order chi connectivity index (χ1) is 15.1. The van der Waals surface area contributed by atoms with Gasteiger partial charge in [0.25, 0.3) is 0 Å². The summed E-state index contributed by atoms with van der Waals surface area (Å²) in [6, 6.07) is 18.2. The molecule has 2 heterocycles. The van der Waals surface area contributed by atoms with E-state index in [1.165, 1.54) is 57.6 Å². The number of nitrogens with zero attached hydrogens (tertiary/aromatic N) is 1. The first-order valence-corrected chi connectivity index (χ1v) is 11.3. The number of fused-ring (bicyclic) bond motifs is 5. The number of pyridine rings is 1. The summed E-state index contributed by atoms with van der Waals surface area (Å²) in [4.78, 5) is 10.7. The Morgan fingerprint density at radius 3 is 2.68 bits per heavy atom. The molecule has 0 fully saturated rings. The van der Waals surface area contributed by atoms with Gasteiger partial charge in [0, 0.05) is 16.9 Å². The topological polar surface area (TPSA) is 41.7 Å². The van der Waals surface area contributed by atoms with E-state index < -0.39 is 5.97 Å². The van der Waals surface area contributed by atoms with Gasteiger partial charge in [-0.15, -0.1) is 0 Å². The average molecular weight is 472 g/mol. The first-order valence-electron chi connectivity index (χ1n) is 10.5. The number of carboxylic acid groups (broad SMARTS) is 1. The van der Waals surface area contributed by atoms with Gasteiger partial charge in [0.15, 0.2) is 0 Å². The molecular formula is C27H22BrNO2. The molecule has 2 aliphatic rings. The Hall–Kier alpha value is -3.11. The van der Waals surface area contributed by atoms with E-state index in [0.717, 1.165) is 5.52 Å². The van der Waals surface area contributed by atoms with Crippen molar-refractivity contribution in [3.63, 3.8) is 0 Å². The summed E-state index contributed by atoms with van der Waals surface area (Å²) in [6.07, 6.45) is 13.1. The van der Waals surface area contributed by atoms with Crippen molar-refractivity contribution in [3.05, 3.63) is 106 Å². The van der Waals surface area contributed by atoms with Gasteiger partial charge in [0.1, 0.15) is 0 Å². The van der Waals surface area contributed by atoms with Crippen LogP contribution in [-0.4, -0.2) is 15.5 Å². The third-order valence-corrected chi connectivity index (χ3v) is 6.85. The maximum Gasteiger partial charge on any atom is 0.337 e. The maximum atomic E-state index is 10.7. The van der Waals surface area contributed by atoms with Crippen molar-refractivity contribution in [2.75, 3.05) is 0 Å². The number of benzene rings is 2. The molecule has 2 aliphatic carbocycles.